The van der Waals surface area contributed by atoms with Gasteiger partial charge in [0.05, 0.1) is 12.7 Å². The lowest BCUT2D eigenvalue weighted by atomic mass is 10.2. The first-order valence-corrected chi connectivity index (χ1v) is 4.87. The number of ether oxygens (including phenoxy) is 1. The lowest BCUT2D eigenvalue weighted by molar-refractivity contribution is 0.404. The van der Waals surface area contributed by atoms with Crippen LogP contribution in [0.2, 0.25) is 0 Å². The maximum Gasteiger partial charge on any atom is 0.157 e. The average molecular weight is 261 g/mol. The molecule has 0 aliphatic heterocycles. The Labute approximate surface area is 90.1 Å². The highest BCUT2D eigenvalue weighted by Gasteiger charge is 2.16. The second kappa shape index (κ2) is 5.05. The predicted octanol–water partition coefficient (Wildman–Crippen LogP) is 3.31. The van der Waals surface area contributed by atoms with Crippen molar-refractivity contribution in [1.82, 2.24) is 0 Å². The van der Waals surface area contributed by atoms with Crippen LogP contribution in [0.15, 0.2) is 28.4 Å². The van der Waals surface area contributed by atoms with E-state index in [0.717, 1.165) is 0 Å². The van der Waals surface area contributed by atoms with Crippen molar-refractivity contribution in [3.8, 4) is 5.75 Å². The van der Waals surface area contributed by atoms with E-state index < -0.39 is 4.95 Å². The van der Waals surface area contributed by atoms with Crippen LogP contribution in [-0.2, 0) is 0 Å². The fourth-order valence-corrected chi connectivity index (χ4v) is 1.71. The van der Waals surface area contributed by atoms with Gasteiger partial charge in [-0.2, -0.15) is 10.2 Å². The van der Waals surface area contributed by atoms with Gasteiger partial charge in [-0.3, -0.25) is 0 Å². The van der Waals surface area contributed by atoms with Gasteiger partial charge in [0, 0.05) is 7.05 Å². The number of hydrogen-bond donors (Lipinski definition) is 0. The fraction of sp³-hybridized carbons (Fsp3) is 0.333. The first kappa shape index (κ1) is 11.1. The van der Waals surface area contributed by atoms with Crippen LogP contribution >= 0.6 is 15.9 Å². The molecule has 3 nitrogen and oxygen atoms in total. The molecule has 0 saturated heterocycles. The Bertz CT molecular complexity index is 344. The van der Waals surface area contributed by atoms with Crippen LogP contribution in [0.5, 0.6) is 5.75 Å². The highest BCUT2D eigenvalue weighted by Crippen LogP contribution is 2.34. The molecule has 0 saturated carbocycles. The molecule has 0 fully saturated rings. The molecule has 0 spiro atoms. The van der Waals surface area contributed by atoms with Crippen LogP contribution in [-0.4, -0.2) is 14.2 Å². The average Bonchev–Trinajstić information content (AvgIpc) is 2.17. The summed E-state index contributed by atoms with van der Waals surface area (Å²) in [6.07, 6.45) is 0. The maximum absolute atomic E-state index is 13.4. The molecule has 0 amide bonds. The summed E-state index contributed by atoms with van der Waals surface area (Å²) >= 11 is 3.21. The zero-order chi connectivity index (χ0) is 10.6. The number of azo groups is 1. The van der Waals surface area contributed by atoms with Gasteiger partial charge >= 0.3 is 0 Å². The third-order valence-electron chi connectivity index (χ3n) is 1.69. The van der Waals surface area contributed by atoms with E-state index in [1.807, 2.05) is 0 Å². The molecule has 5 heteroatoms. The molecule has 0 aromatic heterocycles. The van der Waals surface area contributed by atoms with Gasteiger partial charge in [-0.05, 0) is 12.1 Å². The van der Waals surface area contributed by atoms with Crippen LogP contribution in [0, 0.1) is 5.82 Å². The zero-order valence-electron chi connectivity index (χ0n) is 7.87. The molecule has 76 valence electrons. The van der Waals surface area contributed by atoms with E-state index in [-0.39, 0.29) is 5.82 Å². The summed E-state index contributed by atoms with van der Waals surface area (Å²) in [4.78, 5) is -0.511. The highest BCUT2D eigenvalue weighted by molar-refractivity contribution is 9.09. The van der Waals surface area contributed by atoms with E-state index in [4.69, 9.17) is 4.74 Å². The number of rotatable bonds is 3. The molecule has 1 rings (SSSR count). The summed E-state index contributed by atoms with van der Waals surface area (Å²) in [5.74, 6) is 0.0953. The first-order valence-electron chi connectivity index (χ1n) is 3.96. The summed E-state index contributed by atoms with van der Waals surface area (Å²) in [5.41, 5.74) is 0.362. The number of methoxy groups -OCH3 is 1. The van der Waals surface area contributed by atoms with Gasteiger partial charge < -0.3 is 4.74 Å². The molecule has 0 aliphatic carbocycles. The van der Waals surface area contributed by atoms with E-state index in [2.05, 4.69) is 26.2 Å². The molecule has 0 aliphatic rings. The SMILES string of the molecule is CN=NC(Br)c1c(F)cccc1OC. The van der Waals surface area contributed by atoms with Crippen molar-refractivity contribution in [3.63, 3.8) is 0 Å². The molecule has 1 aromatic carbocycles. The molecular formula is C9H10BrFN2O. The molecule has 1 unspecified atom stereocenters. The lowest BCUT2D eigenvalue weighted by Gasteiger charge is -2.10. The number of nitrogens with zero attached hydrogens (tertiary/aromatic N) is 2. The fourth-order valence-electron chi connectivity index (χ4n) is 1.09. The van der Waals surface area contributed by atoms with Crippen LogP contribution in [0.3, 0.4) is 0 Å². The van der Waals surface area contributed by atoms with E-state index in [1.165, 1.54) is 20.2 Å². The summed E-state index contributed by atoms with van der Waals surface area (Å²) in [5, 5.41) is 7.37. The number of alkyl halides is 1. The Morgan fingerprint density at radius 1 is 1.50 bits per heavy atom. The van der Waals surface area contributed by atoms with E-state index in [9.17, 15) is 4.39 Å². The quantitative estimate of drug-likeness (QED) is 0.467. The summed E-state index contributed by atoms with van der Waals surface area (Å²) in [6.45, 7) is 0. The van der Waals surface area contributed by atoms with Gasteiger partial charge in [0.2, 0.25) is 0 Å². The van der Waals surface area contributed by atoms with E-state index >= 15 is 0 Å². The molecule has 14 heavy (non-hydrogen) atoms. The summed E-state index contributed by atoms with van der Waals surface area (Å²) in [6, 6.07) is 4.62. The van der Waals surface area contributed by atoms with Crippen molar-refractivity contribution in [2.24, 2.45) is 10.2 Å². The molecular weight excluding hydrogens is 251 g/mol. The first-order chi connectivity index (χ1) is 6.70. The van der Waals surface area contributed by atoms with Crippen LogP contribution in [0.4, 0.5) is 4.39 Å². The van der Waals surface area contributed by atoms with Crippen molar-refractivity contribution >= 4 is 15.9 Å². The van der Waals surface area contributed by atoms with Crippen molar-refractivity contribution in [3.05, 3.63) is 29.6 Å². The summed E-state index contributed by atoms with van der Waals surface area (Å²) in [7, 11) is 3.02. The molecule has 0 radical (unpaired) electrons. The predicted molar refractivity (Wildman–Crippen MR) is 55.4 cm³/mol. The lowest BCUT2D eigenvalue weighted by Crippen LogP contribution is -1.96. The highest BCUT2D eigenvalue weighted by atomic mass is 79.9. The van der Waals surface area contributed by atoms with Crippen molar-refractivity contribution in [2.45, 2.75) is 4.95 Å². The Morgan fingerprint density at radius 2 is 2.21 bits per heavy atom. The van der Waals surface area contributed by atoms with Gasteiger partial charge in [0.25, 0.3) is 0 Å². The third-order valence-corrected chi connectivity index (χ3v) is 2.33. The second-order valence-electron chi connectivity index (χ2n) is 2.51. The largest absolute Gasteiger partial charge is 0.496 e. The van der Waals surface area contributed by atoms with Crippen molar-refractivity contribution in [1.29, 1.82) is 0 Å². The molecule has 0 heterocycles. The minimum atomic E-state index is -0.511. The molecule has 1 atom stereocenters. The standard InChI is InChI=1S/C9H10BrFN2O/c1-12-13-9(10)8-6(11)4-3-5-7(8)14-2/h3-5,9H,1-2H3. The van der Waals surface area contributed by atoms with Crippen LogP contribution in [0.1, 0.15) is 10.5 Å². The third kappa shape index (κ3) is 2.29. The van der Waals surface area contributed by atoms with E-state index in [0.29, 0.717) is 11.3 Å². The second-order valence-corrected chi connectivity index (χ2v) is 3.37. The Hall–Kier alpha value is -0.970. The Balaban J connectivity index is 3.16. The van der Waals surface area contributed by atoms with Crippen molar-refractivity contribution in [2.75, 3.05) is 14.2 Å². The monoisotopic (exact) mass is 260 g/mol. The van der Waals surface area contributed by atoms with Gasteiger partial charge in [0.1, 0.15) is 11.6 Å². The van der Waals surface area contributed by atoms with Crippen molar-refractivity contribution < 1.29 is 9.13 Å². The van der Waals surface area contributed by atoms with Crippen LogP contribution < -0.4 is 4.74 Å². The Morgan fingerprint density at radius 3 is 2.79 bits per heavy atom. The van der Waals surface area contributed by atoms with Crippen LogP contribution in [0.25, 0.3) is 0 Å². The molecule has 0 bridgehead atoms. The van der Waals surface area contributed by atoms with E-state index in [1.54, 1.807) is 12.1 Å². The van der Waals surface area contributed by atoms with Gasteiger partial charge in [-0.15, -0.1) is 0 Å². The number of benzene rings is 1. The maximum atomic E-state index is 13.4. The number of hydrogen-bond acceptors (Lipinski definition) is 3. The minimum absolute atomic E-state index is 0.362. The molecule has 1 aromatic rings. The summed E-state index contributed by atoms with van der Waals surface area (Å²) < 4.78 is 18.4. The normalized spacial score (nSPS) is 13.1. The Kier molecular flexibility index (Phi) is 4.00. The van der Waals surface area contributed by atoms with Gasteiger partial charge in [0.15, 0.2) is 4.95 Å². The number of halogens is 2. The van der Waals surface area contributed by atoms with Gasteiger partial charge in [-0.1, -0.05) is 22.0 Å². The zero-order valence-corrected chi connectivity index (χ0v) is 9.45. The topological polar surface area (TPSA) is 34.0 Å². The smallest absolute Gasteiger partial charge is 0.157 e. The minimum Gasteiger partial charge on any atom is -0.496 e. The molecule has 0 N–H and O–H groups in total. The van der Waals surface area contributed by atoms with Gasteiger partial charge in [-0.25, -0.2) is 4.39 Å².